The van der Waals surface area contributed by atoms with Crippen LogP contribution in [0, 0.1) is 0 Å². The van der Waals surface area contributed by atoms with E-state index in [-0.39, 0.29) is 6.61 Å². The van der Waals surface area contributed by atoms with Crippen LogP contribution in [0.15, 0.2) is 35.7 Å². The van der Waals surface area contributed by atoms with Crippen molar-refractivity contribution in [3.8, 4) is 0 Å². The van der Waals surface area contributed by atoms with E-state index >= 15 is 0 Å². The Labute approximate surface area is 110 Å². The van der Waals surface area contributed by atoms with Crippen molar-refractivity contribution in [3.05, 3.63) is 56.7 Å². The van der Waals surface area contributed by atoms with Gasteiger partial charge < -0.3 is 10.4 Å². The molecule has 0 saturated carbocycles. The van der Waals surface area contributed by atoms with Crippen LogP contribution in [-0.2, 0) is 19.7 Å². The smallest absolute Gasteiger partial charge is 0.0681 e. The molecular formula is C13H14ClNOS. The summed E-state index contributed by atoms with van der Waals surface area (Å²) in [5, 5.41) is 15.1. The van der Waals surface area contributed by atoms with Gasteiger partial charge in [-0.25, -0.2) is 0 Å². The number of nitrogens with one attached hydrogen (secondary N) is 1. The lowest BCUT2D eigenvalue weighted by atomic mass is 10.1. The van der Waals surface area contributed by atoms with E-state index in [0.29, 0.717) is 0 Å². The average Bonchev–Trinajstić information content (AvgIpc) is 2.75. The van der Waals surface area contributed by atoms with E-state index in [1.807, 2.05) is 35.7 Å². The molecule has 0 bridgehead atoms. The summed E-state index contributed by atoms with van der Waals surface area (Å²) in [5.74, 6) is 0. The molecule has 0 aliphatic heterocycles. The molecule has 0 spiro atoms. The van der Waals surface area contributed by atoms with Crippen molar-refractivity contribution >= 4 is 22.9 Å². The van der Waals surface area contributed by atoms with Gasteiger partial charge in [-0.15, -0.1) is 11.3 Å². The molecule has 2 aromatic rings. The summed E-state index contributed by atoms with van der Waals surface area (Å²) >= 11 is 7.51. The van der Waals surface area contributed by atoms with Gasteiger partial charge in [0.05, 0.1) is 11.6 Å². The Morgan fingerprint density at radius 2 is 2.00 bits per heavy atom. The van der Waals surface area contributed by atoms with Crippen LogP contribution in [-0.4, -0.2) is 5.11 Å². The van der Waals surface area contributed by atoms with E-state index in [9.17, 15) is 0 Å². The quantitative estimate of drug-likeness (QED) is 0.872. The Bertz CT molecular complexity index is 484. The highest BCUT2D eigenvalue weighted by molar-refractivity contribution is 7.10. The first-order chi connectivity index (χ1) is 8.28. The fourth-order valence-electron chi connectivity index (χ4n) is 1.61. The number of aliphatic hydroxyl groups is 1. The van der Waals surface area contributed by atoms with Crippen molar-refractivity contribution in [3.63, 3.8) is 0 Å². The van der Waals surface area contributed by atoms with Gasteiger partial charge in [0.2, 0.25) is 0 Å². The topological polar surface area (TPSA) is 32.3 Å². The summed E-state index contributed by atoms with van der Waals surface area (Å²) in [4.78, 5) is 1.23. The lowest BCUT2D eigenvalue weighted by molar-refractivity contribution is 0.281. The third-order valence-electron chi connectivity index (χ3n) is 2.42. The van der Waals surface area contributed by atoms with Gasteiger partial charge in [0.15, 0.2) is 0 Å². The van der Waals surface area contributed by atoms with Crippen LogP contribution in [0.25, 0.3) is 0 Å². The fourth-order valence-corrected chi connectivity index (χ4v) is 2.66. The molecule has 90 valence electrons. The number of thiophene rings is 1. The fraction of sp³-hybridized carbons (Fsp3) is 0.231. The molecule has 0 aliphatic rings. The van der Waals surface area contributed by atoms with Crippen molar-refractivity contribution in [2.24, 2.45) is 0 Å². The molecule has 4 heteroatoms. The molecule has 0 radical (unpaired) electrons. The highest BCUT2D eigenvalue weighted by Crippen LogP contribution is 2.18. The zero-order valence-electron chi connectivity index (χ0n) is 9.32. The van der Waals surface area contributed by atoms with E-state index < -0.39 is 0 Å². The maximum atomic E-state index is 9.03. The Kier molecular flexibility index (Phi) is 4.57. The molecule has 0 fully saturated rings. The Hall–Kier alpha value is -0.870. The number of hydrogen-bond acceptors (Lipinski definition) is 3. The van der Waals surface area contributed by atoms with Gasteiger partial charge >= 0.3 is 0 Å². The van der Waals surface area contributed by atoms with Crippen LogP contribution in [0.2, 0.25) is 5.02 Å². The maximum absolute atomic E-state index is 9.03. The van der Waals surface area contributed by atoms with Crippen molar-refractivity contribution in [2.75, 3.05) is 0 Å². The number of rotatable bonds is 5. The first kappa shape index (κ1) is 12.6. The summed E-state index contributed by atoms with van der Waals surface area (Å²) in [6.45, 7) is 1.71. The molecule has 0 unspecified atom stereocenters. The van der Waals surface area contributed by atoms with Gasteiger partial charge in [0, 0.05) is 23.3 Å². The van der Waals surface area contributed by atoms with E-state index in [1.165, 1.54) is 10.4 Å². The van der Waals surface area contributed by atoms with Gasteiger partial charge in [-0.05, 0) is 17.2 Å². The first-order valence-electron chi connectivity index (χ1n) is 5.40. The third kappa shape index (κ3) is 3.82. The van der Waals surface area contributed by atoms with E-state index in [4.69, 9.17) is 16.7 Å². The predicted molar refractivity (Wildman–Crippen MR) is 72.2 cm³/mol. The van der Waals surface area contributed by atoms with Crippen molar-refractivity contribution in [1.29, 1.82) is 0 Å². The van der Waals surface area contributed by atoms with Crippen LogP contribution < -0.4 is 5.32 Å². The minimum Gasteiger partial charge on any atom is -0.392 e. The zero-order chi connectivity index (χ0) is 12.1. The lowest BCUT2D eigenvalue weighted by Gasteiger charge is -2.05. The summed E-state index contributed by atoms with van der Waals surface area (Å²) in [5.41, 5.74) is 2.13. The van der Waals surface area contributed by atoms with Crippen LogP contribution in [0.4, 0.5) is 0 Å². The third-order valence-corrected chi connectivity index (χ3v) is 3.71. The maximum Gasteiger partial charge on any atom is 0.0681 e. The van der Waals surface area contributed by atoms with E-state index in [1.54, 1.807) is 11.3 Å². The molecule has 0 aliphatic carbocycles. The summed E-state index contributed by atoms with van der Waals surface area (Å²) in [6, 6.07) is 9.92. The van der Waals surface area contributed by atoms with Crippen molar-refractivity contribution in [2.45, 2.75) is 19.7 Å². The Balaban J connectivity index is 1.85. The minimum atomic E-state index is 0.0916. The van der Waals surface area contributed by atoms with Gasteiger partial charge in [-0.2, -0.15) is 0 Å². The summed E-state index contributed by atoms with van der Waals surface area (Å²) < 4.78 is 0. The lowest BCUT2D eigenvalue weighted by Crippen LogP contribution is -2.11. The molecule has 2 rings (SSSR count). The second kappa shape index (κ2) is 6.17. The summed E-state index contributed by atoms with van der Waals surface area (Å²) in [7, 11) is 0. The first-order valence-corrected chi connectivity index (χ1v) is 6.66. The minimum absolute atomic E-state index is 0.0916. The van der Waals surface area contributed by atoms with Crippen molar-refractivity contribution < 1.29 is 5.11 Å². The molecule has 0 amide bonds. The van der Waals surface area contributed by atoms with Gasteiger partial charge in [0.25, 0.3) is 0 Å². The van der Waals surface area contributed by atoms with Crippen LogP contribution in [0.5, 0.6) is 0 Å². The second-order valence-electron chi connectivity index (χ2n) is 3.81. The van der Waals surface area contributed by atoms with Crippen LogP contribution in [0.1, 0.15) is 16.0 Å². The monoisotopic (exact) mass is 267 g/mol. The van der Waals surface area contributed by atoms with Crippen LogP contribution in [0.3, 0.4) is 0 Å². The number of benzene rings is 1. The molecule has 1 aromatic heterocycles. The normalized spacial score (nSPS) is 10.7. The molecule has 0 saturated heterocycles. The molecule has 1 aromatic carbocycles. The van der Waals surface area contributed by atoms with Gasteiger partial charge in [0.1, 0.15) is 0 Å². The Morgan fingerprint density at radius 1 is 1.18 bits per heavy atom. The molecule has 2 nitrogen and oxygen atoms in total. The largest absolute Gasteiger partial charge is 0.392 e. The van der Waals surface area contributed by atoms with Gasteiger partial charge in [-0.3, -0.25) is 0 Å². The molecule has 1 heterocycles. The predicted octanol–water partition coefficient (Wildman–Crippen LogP) is 3.18. The van der Waals surface area contributed by atoms with Crippen molar-refractivity contribution in [1.82, 2.24) is 5.32 Å². The summed E-state index contributed by atoms with van der Waals surface area (Å²) in [6.07, 6.45) is 0. The highest BCUT2D eigenvalue weighted by Gasteiger charge is 1.98. The Morgan fingerprint density at radius 3 is 2.71 bits per heavy atom. The standard InChI is InChI=1S/C13H14ClNOS/c14-12-5-13(17-9-12)7-15-6-10-2-1-3-11(4-10)8-16/h1-5,9,15-16H,6-8H2. The van der Waals surface area contributed by atoms with E-state index in [2.05, 4.69) is 5.32 Å². The van der Waals surface area contributed by atoms with E-state index in [0.717, 1.165) is 23.7 Å². The van der Waals surface area contributed by atoms with Gasteiger partial charge in [-0.1, -0.05) is 35.9 Å². The molecule has 0 atom stereocenters. The molecule has 17 heavy (non-hydrogen) atoms. The highest BCUT2D eigenvalue weighted by atomic mass is 35.5. The number of hydrogen-bond donors (Lipinski definition) is 2. The molecule has 2 N–H and O–H groups in total. The zero-order valence-corrected chi connectivity index (χ0v) is 10.9. The number of halogens is 1. The van der Waals surface area contributed by atoms with Crippen LogP contribution >= 0.6 is 22.9 Å². The number of aliphatic hydroxyl groups excluding tert-OH is 1. The molecular weight excluding hydrogens is 254 g/mol. The second-order valence-corrected chi connectivity index (χ2v) is 5.25. The average molecular weight is 268 g/mol. The SMILES string of the molecule is OCc1cccc(CNCc2cc(Cl)cs2)c1.